The van der Waals surface area contributed by atoms with Crippen molar-refractivity contribution in [2.24, 2.45) is 0 Å². The van der Waals surface area contributed by atoms with E-state index in [1.54, 1.807) is 6.07 Å². The van der Waals surface area contributed by atoms with Gasteiger partial charge in [0.25, 0.3) is 0 Å². The number of carbonyl (C=O) groups is 1. The second kappa shape index (κ2) is 5.18. The van der Waals surface area contributed by atoms with E-state index < -0.39 is 5.97 Å². The third-order valence-corrected chi connectivity index (χ3v) is 3.53. The van der Waals surface area contributed by atoms with E-state index in [1.807, 2.05) is 10.8 Å². The molecule has 1 aliphatic rings. The molecule has 1 aromatic heterocycles. The van der Waals surface area contributed by atoms with Crippen molar-refractivity contribution in [1.82, 2.24) is 9.47 Å². The van der Waals surface area contributed by atoms with Gasteiger partial charge in [-0.2, -0.15) is 0 Å². The number of carboxylic acid groups (broad SMARTS) is 1. The quantitative estimate of drug-likeness (QED) is 0.856. The van der Waals surface area contributed by atoms with Crippen molar-refractivity contribution < 1.29 is 9.90 Å². The summed E-state index contributed by atoms with van der Waals surface area (Å²) < 4.78 is 2.82. The molecule has 1 saturated heterocycles. The van der Waals surface area contributed by atoms with E-state index in [2.05, 4.69) is 27.5 Å². The van der Waals surface area contributed by atoms with Crippen LogP contribution >= 0.6 is 22.6 Å². The molecule has 0 radical (unpaired) electrons. The second-order valence-corrected chi connectivity index (χ2v) is 5.34. The summed E-state index contributed by atoms with van der Waals surface area (Å²) in [7, 11) is 0. The van der Waals surface area contributed by atoms with Gasteiger partial charge in [-0.05, 0) is 54.6 Å². The lowest BCUT2D eigenvalue weighted by Crippen LogP contribution is -2.25. The monoisotopic (exact) mass is 334 g/mol. The van der Waals surface area contributed by atoms with Gasteiger partial charge in [0.15, 0.2) is 0 Å². The highest BCUT2D eigenvalue weighted by Crippen LogP contribution is 2.13. The minimum atomic E-state index is -0.843. The molecule has 1 aliphatic heterocycles. The van der Waals surface area contributed by atoms with Crippen LogP contribution in [0.2, 0.25) is 0 Å². The number of nitrogens with zero attached hydrogens (tertiary/aromatic N) is 2. The molecule has 1 fully saturated rings. The number of hydrogen-bond acceptors (Lipinski definition) is 2. The fourth-order valence-corrected chi connectivity index (χ4v) is 2.73. The first-order valence-electron chi connectivity index (χ1n) is 5.48. The van der Waals surface area contributed by atoms with Crippen LogP contribution in [0.25, 0.3) is 0 Å². The Bertz CT molecular complexity index is 383. The number of aromatic nitrogens is 1. The van der Waals surface area contributed by atoms with Gasteiger partial charge in [0.1, 0.15) is 5.69 Å². The van der Waals surface area contributed by atoms with Crippen molar-refractivity contribution in [2.45, 2.75) is 19.4 Å². The van der Waals surface area contributed by atoms with E-state index in [9.17, 15) is 4.79 Å². The van der Waals surface area contributed by atoms with Crippen molar-refractivity contribution >= 4 is 28.6 Å². The number of rotatable bonds is 4. The van der Waals surface area contributed by atoms with Gasteiger partial charge in [0, 0.05) is 22.9 Å². The minimum Gasteiger partial charge on any atom is -0.477 e. The summed E-state index contributed by atoms with van der Waals surface area (Å²) in [6.45, 7) is 4.03. The number of likely N-dealkylation sites (tertiary alicyclic amines) is 1. The third kappa shape index (κ3) is 2.76. The Morgan fingerprint density at radius 2 is 2.06 bits per heavy atom. The Morgan fingerprint density at radius 1 is 1.38 bits per heavy atom. The van der Waals surface area contributed by atoms with Gasteiger partial charge in [-0.25, -0.2) is 4.79 Å². The van der Waals surface area contributed by atoms with Crippen LogP contribution < -0.4 is 0 Å². The number of halogens is 1. The van der Waals surface area contributed by atoms with Gasteiger partial charge in [0.2, 0.25) is 0 Å². The molecule has 2 rings (SSSR count). The smallest absolute Gasteiger partial charge is 0.352 e. The lowest BCUT2D eigenvalue weighted by atomic mass is 10.4. The van der Waals surface area contributed by atoms with Crippen molar-refractivity contribution in [2.75, 3.05) is 19.6 Å². The summed E-state index contributed by atoms with van der Waals surface area (Å²) >= 11 is 2.15. The summed E-state index contributed by atoms with van der Waals surface area (Å²) in [4.78, 5) is 13.4. The zero-order chi connectivity index (χ0) is 11.5. The van der Waals surface area contributed by atoms with Gasteiger partial charge >= 0.3 is 5.97 Å². The maximum absolute atomic E-state index is 11.0. The minimum absolute atomic E-state index is 0.392. The van der Waals surface area contributed by atoms with Gasteiger partial charge in [-0.3, -0.25) is 0 Å². The maximum Gasteiger partial charge on any atom is 0.352 e. The van der Waals surface area contributed by atoms with Crippen molar-refractivity contribution in [3.05, 3.63) is 21.5 Å². The van der Waals surface area contributed by atoms with Crippen LogP contribution in [-0.4, -0.2) is 40.2 Å². The predicted octanol–water partition coefficient (Wildman–Crippen LogP) is 1.89. The third-order valence-electron chi connectivity index (χ3n) is 2.94. The Balaban J connectivity index is 1.99. The molecule has 4 nitrogen and oxygen atoms in total. The Labute approximate surface area is 108 Å². The van der Waals surface area contributed by atoms with E-state index in [0.29, 0.717) is 5.69 Å². The average Bonchev–Trinajstić information content (AvgIpc) is 2.83. The van der Waals surface area contributed by atoms with Crippen LogP contribution in [0.3, 0.4) is 0 Å². The summed E-state index contributed by atoms with van der Waals surface area (Å²) in [5.74, 6) is -0.843. The lowest BCUT2D eigenvalue weighted by molar-refractivity contribution is 0.0684. The highest BCUT2D eigenvalue weighted by molar-refractivity contribution is 14.1. The molecule has 0 amide bonds. The zero-order valence-electron chi connectivity index (χ0n) is 9.03. The largest absolute Gasteiger partial charge is 0.477 e. The SMILES string of the molecule is O=C(O)c1cc(I)cn1CCN1CCCC1. The van der Waals surface area contributed by atoms with Gasteiger partial charge in [-0.1, -0.05) is 0 Å². The molecule has 0 unspecified atom stereocenters. The molecule has 1 aromatic rings. The molecule has 0 atom stereocenters. The molecule has 16 heavy (non-hydrogen) atoms. The maximum atomic E-state index is 11.0. The standard InChI is InChI=1S/C11H15IN2O2/c12-9-7-10(11(15)16)14(8-9)6-5-13-3-1-2-4-13/h7-8H,1-6H2,(H,15,16). The van der Waals surface area contributed by atoms with Crippen molar-refractivity contribution in [3.8, 4) is 0 Å². The number of carboxylic acids is 1. The van der Waals surface area contributed by atoms with Gasteiger partial charge in [-0.15, -0.1) is 0 Å². The molecule has 0 spiro atoms. The first-order valence-corrected chi connectivity index (χ1v) is 6.56. The molecular formula is C11H15IN2O2. The summed E-state index contributed by atoms with van der Waals surface area (Å²) in [5.41, 5.74) is 0.392. The number of hydrogen-bond donors (Lipinski definition) is 1. The van der Waals surface area contributed by atoms with Crippen LogP contribution in [0.1, 0.15) is 23.3 Å². The highest BCUT2D eigenvalue weighted by Gasteiger charge is 2.14. The average molecular weight is 334 g/mol. The van der Waals surface area contributed by atoms with Crippen molar-refractivity contribution in [3.63, 3.8) is 0 Å². The normalized spacial score (nSPS) is 16.8. The van der Waals surface area contributed by atoms with Crippen molar-refractivity contribution in [1.29, 1.82) is 0 Å². The van der Waals surface area contributed by atoms with Crippen LogP contribution in [0, 0.1) is 3.57 Å². The number of aromatic carboxylic acids is 1. The first-order chi connectivity index (χ1) is 7.66. The van der Waals surface area contributed by atoms with Gasteiger partial charge < -0.3 is 14.6 Å². The van der Waals surface area contributed by atoms with Gasteiger partial charge in [0.05, 0.1) is 0 Å². The predicted molar refractivity (Wildman–Crippen MR) is 69.8 cm³/mol. The molecule has 88 valence electrons. The Kier molecular flexibility index (Phi) is 3.86. The Morgan fingerprint density at radius 3 is 2.69 bits per heavy atom. The van der Waals surface area contributed by atoms with E-state index in [1.165, 1.54) is 12.8 Å². The van der Waals surface area contributed by atoms with Crippen LogP contribution in [-0.2, 0) is 6.54 Å². The van der Waals surface area contributed by atoms with Crippen LogP contribution in [0.15, 0.2) is 12.3 Å². The van der Waals surface area contributed by atoms with E-state index in [-0.39, 0.29) is 0 Å². The summed E-state index contributed by atoms with van der Waals surface area (Å²) in [5, 5.41) is 9.03. The molecule has 5 heteroatoms. The lowest BCUT2D eigenvalue weighted by Gasteiger charge is -2.15. The zero-order valence-corrected chi connectivity index (χ0v) is 11.2. The molecular weight excluding hydrogens is 319 g/mol. The first kappa shape index (κ1) is 11.9. The molecule has 0 aromatic carbocycles. The van der Waals surface area contributed by atoms with E-state index in [4.69, 9.17) is 5.11 Å². The topological polar surface area (TPSA) is 45.5 Å². The summed E-state index contributed by atoms with van der Waals surface area (Å²) in [6.07, 6.45) is 4.45. The Hall–Kier alpha value is -0.560. The van der Waals surface area contributed by atoms with Crippen LogP contribution in [0.4, 0.5) is 0 Å². The molecule has 1 N–H and O–H groups in total. The highest BCUT2D eigenvalue weighted by atomic mass is 127. The summed E-state index contributed by atoms with van der Waals surface area (Å²) in [6, 6.07) is 1.72. The second-order valence-electron chi connectivity index (χ2n) is 4.09. The fraction of sp³-hybridized carbons (Fsp3) is 0.545. The van der Waals surface area contributed by atoms with E-state index in [0.717, 1.165) is 29.7 Å². The van der Waals surface area contributed by atoms with Crippen LogP contribution in [0.5, 0.6) is 0 Å². The molecule has 2 heterocycles. The van der Waals surface area contributed by atoms with E-state index >= 15 is 0 Å². The molecule has 0 aliphatic carbocycles. The fourth-order valence-electron chi connectivity index (χ4n) is 2.09. The molecule has 0 saturated carbocycles. The molecule has 0 bridgehead atoms.